The Morgan fingerprint density at radius 3 is 3.06 bits per heavy atom. The molecule has 96 valence electrons. The molecule has 0 aromatic carbocycles. The van der Waals surface area contributed by atoms with E-state index in [-0.39, 0.29) is 12.1 Å². The van der Waals surface area contributed by atoms with Gasteiger partial charge >= 0.3 is 0 Å². The molecule has 0 bridgehead atoms. The van der Waals surface area contributed by atoms with Crippen LogP contribution in [0.15, 0.2) is 4.52 Å². The van der Waals surface area contributed by atoms with E-state index in [1.54, 1.807) is 0 Å². The molecule has 1 aromatic rings. The van der Waals surface area contributed by atoms with Crippen molar-refractivity contribution in [2.24, 2.45) is 0 Å². The van der Waals surface area contributed by atoms with Crippen molar-refractivity contribution in [1.29, 1.82) is 0 Å². The Bertz CT molecular complexity index is 328. The summed E-state index contributed by atoms with van der Waals surface area (Å²) in [6.45, 7) is 5.83. The number of nitrogens with zero attached hydrogens (tertiary/aromatic N) is 2. The maximum atomic E-state index is 5.64. The van der Waals surface area contributed by atoms with Gasteiger partial charge in [-0.1, -0.05) is 18.5 Å². The average Bonchev–Trinajstić information content (AvgIpc) is 2.99. The first kappa shape index (κ1) is 12.5. The van der Waals surface area contributed by atoms with E-state index in [1.807, 2.05) is 6.92 Å². The predicted molar refractivity (Wildman–Crippen MR) is 63.6 cm³/mol. The van der Waals surface area contributed by atoms with Crippen molar-refractivity contribution < 1.29 is 9.26 Å². The van der Waals surface area contributed by atoms with Gasteiger partial charge in [0.15, 0.2) is 0 Å². The molecule has 1 aliphatic rings. The maximum Gasteiger partial charge on any atom is 0.243 e. The Morgan fingerprint density at radius 2 is 2.41 bits per heavy atom. The summed E-state index contributed by atoms with van der Waals surface area (Å²) in [6.07, 6.45) is 4.21. The highest BCUT2D eigenvalue weighted by Crippen LogP contribution is 2.25. The largest absolute Gasteiger partial charge is 0.370 e. The van der Waals surface area contributed by atoms with Gasteiger partial charge in [0.2, 0.25) is 11.7 Å². The molecule has 0 aliphatic carbocycles. The van der Waals surface area contributed by atoms with Gasteiger partial charge in [-0.3, -0.25) is 0 Å². The molecule has 1 N–H and O–H groups in total. The van der Waals surface area contributed by atoms with Crippen LogP contribution in [0.2, 0.25) is 0 Å². The standard InChI is InChI=1S/C12H21N3O2/c1-3-6-10(16-4-2)11-14-12(17-15-11)9-7-5-8-13-9/h9-10,13H,3-8H2,1-2H3. The molecule has 1 aromatic heterocycles. The molecule has 5 heteroatoms. The summed E-state index contributed by atoms with van der Waals surface area (Å²) in [6, 6.07) is 0.236. The molecule has 5 nitrogen and oxygen atoms in total. The van der Waals surface area contributed by atoms with Crippen LogP contribution in [-0.4, -0.2) is 23.3 Å². The second kappa shape index (κ2) is 6.12. The molecule has 1 fully saturated rings. The van der Waals surface area contributed by atoms with Crippen LogP contribution in [0.3, 0.4) is 0 Å². The van der Waals surface area contributed by atoms with E-state index < -0.39 is 0 Å². The lowest BCUT2D eigenvalue weighted by Crippen LogP contribution is -2.13. The summed E-state index contributed by atoms with van der Waals surface area (Å²) < 4.78 is 11.0. The molecule has 17 heavy (non-hydrogen) atoms. The smallest absolute Gasteiger partial charge is 0.243 e. The first-order valence-corrected chi connectivity index (χ1v) is 6.53. The topological polar surface area (TPSA) is 60.2 Å². The minimum absolute atomic E-state index is 0.0242. The van der Waals surface area contributed by atoms with Gasteiger partial charge in [0, 0.05) is 6.61 Å². The van der Waals surface area contributed by atoms with Crippen molar-refractivity contribution in [2.45, 2.75) is 51.7 Å². The SMILES string of the molecule is CCCC(OCC)c1noc(C2CCCN2)n1. The van der Waals surface area contributed by atoms with Gasteiger partial charge in [0.25, 0.3) is 0 Å². The van der Waals surface area contributed by atoms with Crippen LogP contribution in [0.1, 0.15) is 63.4 Å². The quantitative estimate of drug-likeness (QED) is 0.825. The highest BCUT2D eigenvalue weighted by atomic mass is 16.5. The first-order valence-electron chi connectivity index (χ1n) is 6.53. The number of aromatic nitrogens is 2. The Morgan fingerprint density at radius 1 is 1.53 bits per heavy atom. The second-order valence-electron chi connectivity index (χ2n) is 4.37. The molecule has 0 saturated carbocycles. The van der Waals surface area contributed by atoms with E-state index in [0.717, 1.165) is 25.8 Å². The summed E-state index contributed by atoms with van der Waals surface area (Å²) >= 11 is 0. The van der Waals surface area contributed by atoms with Crippen LogP contribution in [-0.2, 0) is 4.74 Å². The summed E-state index contributed by atoms with van der Waals surface area (Å²) in [5, 5.41) is 7.40. The van der Waals surface area contributed by atoms with Crippen molar-refractivity contribution in [3.8, 4) is 0 Å². The highest BCUT2D eigenvalue weighted by Gasteiger charge is 2.24. The molecular weight excluding hydrogens is 218 g/mol. The van der Waals surface area contributed by atoms with Crippen molar-refractivity contribution >= 4 is 0 Å². The second-order valence-corrected chi connectivity index (χ2v) is 4.37. The number of hydrogen-bond donors (Lipinski definition) is 1. The molecule has 0 radical (unpaired) electrons. The third kappa shape index (κ3) is 3.04. The van der Waals surface area contributed by atoms with Gasteiger partial charge < -0.3 is 14.6 Å². The zero-order valence-electron chi connectivity index (χ0n) is 10.6. The van der Waals surface area contributed by atoms with Crippen LogP contribution in [0, 0.1) is 0 Å². The van der Waals surface area contributed by atoms with Crippen molar-refractivity contribution in [1.82, 2.24) is 15.5 Å². The molecule has 2 heterocycles. The lowest BCUT2D eigenvalue weighted by molar-refractivity contribution is 0.0477. The molecular formula is C12H21N3O2. The molecule has 0 amide bonds. The van der Waals surface area contributed by atoms with Crippen LogP contribution in [0.5, 0.6) is 0 Å². The lowest BCUT2D eigenvalue weighted by Gasteiger charge is -2.11. The van der Waals surface area contributed by atoms with Crippen molar-refractivity contribution in [3.63, 3.8) is 0 Å². The molecule has 1 aliphatic heterocycles. The lowest BCUT2D eigenvalue weighted by atomic mass is 10.2. The normalized spacial score (nSPS) is 21.9. The molecule has 1 saturated heterocycles. The summed E-state index contributed by atoms with van der Waals surface area (Å²) in [7, 11) is 0. The first-order chi connectivity index (χ1) is 8.35. The summed E-state index contributed by atoms with van der Waals surface area (Å²) in [4.78, 5) is 4.46. The van der Waals surface area contributed by atoms with Gasteiger partial charge in [-0.2, -0.15) is 4.98 Å². The maximum absolute atomic E-state index is 5.64. The molecule has 2 unspecified atom stereocenters. The molecule has 2 rings (SSSR count). The number of ether oxygens (including phenoxy) is 1. The van der Waals surface area contributed by atoms with Gasteiger partial charge in [-0.15, -0.1) is 0 Å². The van der Waals surface area contributed by atoms with Gasteiger partial charge in [-0.25, -0.2) is 0 Å². The van der Waals surface area contributed by atoms with Crippen molar-refractivity contribution in [2.75, 3.05) is 13.2 Å². The summed E-state index contributed by atoms with van der Waals surface area (Å²) in [5.41, 5.74) is 0. The van der Waals surface area contributed by atoms with Crippen LogP contribution < -0.4 is 5.32 Å². The minimum atomic E-state index is -0.0242. The predicted octanol–water partition coefficient (Wildman–Crippen LogP) is 2.37. The fourth-order valence-electron chi connectivity index (χ4n) is 2.17. The number of nitrogens with one attached hydrogen (secondary N) is 1. The third-order valence-electron chi connectivity index (χ3n) is 3.02. The van der Waals surface area contributed by atoms with E-state index in [1.165, 1.54) is 6.42 Å². The fraction of sp³-hybridized carbons (Fsp3) is 0.833. The Balaban J connectivity index is 2.03. The van der Waals surface area contributed by atoms with Crippen molar-refractivity contribution in [3.05, 3.63) is 11.7 Å². The van der Waals surface area contributed by atoms with Gasteiger partial charge in [-0.05, 0) is 32.7 Å². The molecule has 0 spiro atoms. The minimum Gasteiger partial charge on any atom is -0.370 e. The van der Waals surface area contributed by atoms with E-state index in [0.29, 0.717) is 18.3 Å². The Hall–Kier alpha value is -0.940. The van der Waals surface area contributed by atoms with E-state index in [2.05, 4.69) is 22.4 Å². The number of rotatable bonds is 6. The molecule has 2 atom stereocenters. The highest BCUT2D eigenvalue weighted by molar-refractivity contribution is 4.97. The average molecular weight is 239 g/mol. The zero-order chi connectivity index (χ0) is 12.1. The van der Waals surface area contributed by atoms with E-state index >= 15 is 0 Å². The van der Waals surface area contributed by atoms with Crippen LogP contribution in [0.25, 0.3) is 0 Å². The van der Waals surface area contributed by atoms with E-state index in [9.17, 15) is 0 Å². The Labute approximate surface area is 102 Å². The zero-order valence-corrected chi connectivity index (χ0v) is 10.6. The Kier molecular flexibility index (Phi) is 4.50. The fourth-order valence-corrected chi connectivity index (χ4v) is 2.17. The number of hydrogen-bond acceptors (Lipinski definition) is 5. The third-order valence-corrected chi connectivity index (χ3v) is 3.02. The van der Waals surface area contributed by atoms with Gasteiger partial charge in [0.05, 0.1) is 6.04 Å². The monoisotopic (exact) mass is 239 g/mol. The van der Waals surface area contributed by atoms with Crippen LogP contribution in [0.4, 0.5) is 0 Å². The van der Waals surface area contributed by atoms with Crippen LogP contribution >= 0.6 is 0 Å². The summed E-state index contributed by atoms with van der Waals surface area (Å²) in [5.74, 6) is 1.40. The van der Waals surface area contributed by atoms with E-state index in [4.69, 9.17) is 9.26 Å². The van der Waals surface area contributed by atoms with Gasteiger partial charge in [0.1, 0.15) is 6.10 Å².